The highest BCUT2D eigenvalue weighted by Gasteiger charge is 2.47. The summed E-state index contributed by atoms with van der Waals surface area (Å²) in [5.74, 6) is 0.614. The van der Waals surface area contributed by atoms with E-state index in [0.717, 1.165) is 40.2 Å². The van der Waals surface area contributed by atoms with E-state index in [9.17, 15) is 4.79 Å². The van der Waals surface area contributed by atoms with E-state index < -0.39 is 0 Å². The number of rotatable bonds is 8. The van der Waals surface area contributed by atoms with Crippen molar-refractivity contribution in [2.45, 2.75) is 38.6 Å². The molecule has 0 spiro atoms. The number of nitrogens with two attached hydrogens (primary N) is 1. The van der Waals surface area contributed by atoms with Gasteiger partial charge in [0.25, 0.3) is 0 Å². The van der Waals surface area contributed by atoms with Crippen molar-refractivity contribution in [3.63, 3.8) is 0 Å². The molecular formula is C28H31ClN2O. The summed E-state index contributed by atoms with van der Waals surface area (Å²) in [7, 11) is 0. The number of carbonyl (C=O) groups excluding carboxylic acids is 1. The third kappa shape index (κ3) is 4.90. The van der Waals surface area contributed by atoms with Crippen LogP contribution < -0.4 is 10.6 Å². The molecule has 4 atom stereocenters. The predicted molar refractivity (Wildman–Crippen MR) is 134 cm³/mol. The minimum atomic E-state index is -0.0738. The number of amides is 1. The third-order valence-corrected chi connectivity index (χ3v) is 7.08. The van der Waals surface area contributed by atoms with Gasteiger partial charge in [-0.2, -0.15) is 0 Å². The van der Waals surface area contributed by atoms with Crippen molar-refractivity contribution in [2.75, 3.05) is 11.4 Å². The number of hydrogen-bond donors (Lipinski definition) is 1. The lowest BCUT2D eigenvalue weighted by molar-refractivity contribution is -0.120. The number of carbonyl (C=O) groups is 1. The Bertz CT molecular complexity index is 1050. The first-order valence-electron chi connectivity index (χ1n) is 11.5. The van der Waals surface area contributed by atoms with E-state index in [1.54, 1.807) is 0 Å². The zero-order valence-corrected chi connectivity index (χ0v) is 19.5. The Morgan fingerprint density at radius 1 is 1.00 bits per heavy atom. The van der Waals surface area contributed by atoms with Gasteiger partial charge in [-0.3, -0.25) is 4.79 Å². The van der Waals surface area contributed by atoms with Crippen LogP contribution in [-0.4, -0.2) is 18.5 Å². The quantitative estimate of drug-likeness (QED) is 0.428. The Morgan fingerprint density at radius 3 is 2.28 bits per heavy atom. The number of benzene rings is 3. The second-order valence-corrected chi connectivity index (χ2v) is 9.29. The Hall–Kier alpha value is -2.62. The highest BCUT2D eigenvalue weighted by molar-refractivity contribution is 6.31. The molecule has 166 valence electrons. The molecule has 32 heavy (non-hydrogen) atoms. The summed E-state index contributed by atoms with van der Waals surface area (Å²) < 4.78 is 0. The van der Waals surface area contributed by atoms with Crippen LogP contribution in [0.25, 0.3) is 11.1 Å². The summed E-state index contributed by atoms with van der Waals surface area (Å²) in [6, 6.07) is 26.3. The van der Waals surface area contributed by atoms with Gasteiger partial charge < -0.3 is 10.6 Å². The molecule has 0 bridgehead atoms. The number of nitrogens with zero attached hydrogens (tertiary/aromatic N) is 1. The van der Waals surface area contributed by atoms with Gasteiger partial charge in [0.1, 0.15) is 0 Å². The van der Waals surface area contributed by atoms with Crippen molar-refractivity contribution in [1.82, 2.24) is 0 Å². The number of anilines is 1. The fourth-order valence-electron chi connectivity index (χ4n) is 4.27. The summed E-state index contributed by atoms with van der Waals surface area (Å²) in [6.07, 6.45) is 1.82. The summed E-state index contributed by atoms with van der Waals surface area (Å²) in [4.78, 5) is 15.5. The smallest absolute Gasteiger partial charge is 0.230 e. The van der Waals surface area contributed by atoms with Gasteiger partial charge in [0.05, 0.1) is 0 Å². The van der Waals surface area contributed by atoms with Crippen LogP contribution in [0.3, 0.4) is 0 Å². The Morgan fingerprint density at radius 2 is 1.62 bits per heavy atom. The summed E-state index contributed by atoms with van der Waals surface area (Å²) in [6.45, 7) is 4.80. The second kappa shape index (κ2) is 9.89. The van der Waals surface area contributed by atoms with Crippen LogP contribution >= 0.6 is 11.6 Å². The summed E-state index contributed by atoms with van der Waals surface area (Å²) in [5, 5.41) is 0.739. The Kier molecular flexibility index (Phi) is 6.98. The molecule has 1 fully saturated rings. The van der Waals surface area contributed by atoms with E-state index in [4.69, 9.17) is 17.3 Å². The van der Waals surface area contributed by atoms with Crippen molar-refractivity contribution in [1.29, 1.82) is 0 Å². The van der Waals surface area contributed by atoms with Gasteiger partial charge in [-0.05, 0) is 53.1 Å². The molecule has 0 unspecified atom stereocenters. The van der Waals surface area contributed by atoms with Crippen LogP contribution in [0.15, 0.2) is 78.9 Å². The first kappa shape index (κ1) is 22.6. The normalized spacial score (nSPS) is 19.2. The van der Waals surface area contributed by atoms with Crippen LogP contribution in [0.1, 0.15) is 38.2 Å². The average molecular weight is 447 g/mol. The average Bonchev–Trinajstić information content (AvgIpc) is 3.63. The molecule has 4 rings (SSSR count). The van der Waals surface area contributed by atoms with Crippen LogP contribution in [0.2, 0.25) is 5.02 Å². The van der Waals surface area contributed by atoms with Gasteiger partial charge in [0, 0.05) is 29.2 Å². The Balaban J connectivity index is 1.58. The first-order valence-corrected chi connectivity index (χ1v) is 11.8. The van der Waals surface area contributed by atoms with Gasteiger partial charge in [-0.1, -0.05) is 92.5 Å². The molecule has 1 amide bonds. The zero-order valence-electron chi connectivity index (χ0n) is 18.7. The van der Waals surface area contributed by atoms with E-state index in [0.29, 0.717) is 12.5 Å². The maximum Gasteiger partial charge on any atom is 0.230 e. The van der Waals surface area contributed by atoms with E-state index in [1.807, 2.05) is 59.5 Å². The largest absolute Gasteiger partial charge is 0.326 e. The van der Waals surface area contributed by atoms with E-state index in [1.165, 1.54) is 0 Å². The van der Waals surface area contributed by atoms with Crippen molar-refractivity contribution < 1.29 is 4.79 Å². The van der Waals surface area contributed by atoms with Gasteiger partial charge >= 0.3 is 0 Å². The number of hydrogen-bond acceptors (Lipinski definition) is 2. The highest BCUT2D eigenvalue weighted by Crippen LogP contribution is 2.50. The predicted octanol–water partition coefficient (Wildman–Crippen LogP) is 6.52. The van der Waals surface area contributed by atoms with Crippen molar-refractivity contribution in [3.05, 3.63) is 89.4 Å². The van der Waals surface area contributed by atoms with Crippen molar-refractivity contribution in [3.8, 4) is 11.1 Å². The highest BCUT2D eigenvalue weighted by atomic mass is 35.5. The van der Waals surface area contributed by atoms with Gasteiger partial charge in [-0.25, -0.2) is 0 Å². The minimum absolute atomic E-state index is 0.0483. The second-order valence-electron chi connectivity index (χ2n) is 8.88. The Labute approximate surface area is 196 Å². The fraction of sp³-hybridized carbons (Fsp3) is 0.321. The molecule has 3 aromatic carbocycles. The van der Waals surface area contributed by atoms with Crippen LogP contribution in [-0.2, 0) is 4.79 Å². The van der Waals surface area contributed by atoms with E-state index >= 15 is 0 Å². The molecule has 1 aliphatic carbocycles. The molecule has 3 aromatic rings. The molecule has 4 heteroatoms. The summed E-state index contributed by atoms with van der Waals surface area (Å²) >= 11 is 6.40. The fourth-order valence-corrected chi connectivity index (χ4v) is 4.54. The minimum Gasteiger partial charge on any atom is -0.326 e. The maximum absolute atomic E-state index is 13.6. The topological polar surface area (TPSA) is 46.3 Å². The van der Waals surface area contributed by atoms with E-state index in [2.05, 4.69) is 38.1 Å². The van der Waals surface area contributed by atoms with Crippen molar-refractivity contribution >= 4 is 23.2 Å². The lowest BCUT2D eigenvalue weighted by atomic mass is 9.98. The molecular weight excluding hydrogens is 416 g/mol. The third-order valence-electron chi connectivity index (χ3n) is 6.73. The number of halogens is 1. The van der Waals surface area contributed by atoms with Crippen LogP contribution in [0, 0.1) is 11.8 Å². The molecule has 0 aliphatic heterocycles. The monoisotopic (exact) mass is 446 g/mol. The zero-order chi connectivity index (χ0) is 22.7. The molecule has 0 heterocycles. The van der Waals surface area contributed by atoms with Crippen molar-refractivity contribution in [2.24, 2.45) is 17.6 Å². The van der Waals surface area contributed by atoms with Crippen LogP contribution in [0.4, 0.5) is 5.69 Å². The molecule has 1 saturated carbocycles. The molecule has 1 aliphatic rings. The lowest BCUT2D eigenvalue weighted by Gasteiger charge is -2.29. The van der Waals surface area contributed by atoms with Crippen LogP contribution in [0.5, 0.6) is 0 Å². The maximum atomic E-state index is 13.6. The standard InChI is InChI=1S/C28H31ClN2O/c1-3-19(2)27(30)18-31(22-15-13-21(14-16-22)20-9-5-4-6-10-20)28(32)25-17-24(25)23-11-7-8-12-26(23)29/h4-16,19,24-25,27H,3,17-18,30H2,1-2H3/t19-,24-,25+,27+/m0/s1. The molecule has 0 radical (unpaired) electrons. The molecule has 0 aromatic heterocycles. The molecule has 3 nitrogen and oxygen atoms in total. The molecule has 2 N–H and O–H groups in total. The SMILES string of the molecule is CC[C@H](C)[C@H](N)CN(C(=O)[C@@H]1C[C@H]1c1ccccc1Cl)c1ccc(-c2ccccc2)cc1. The summed E-state index contributed by atoms with van der Waals surface area (Å²) in [5.41, 5.74) is 10.8. The van der Waals surface area contributed by atoms with Gasteiger partial charge in [0.15, 0.2) is 0 Å². The van der Waals surface area contributed by atoms with Gasteiger partial charge in [-0.15, -0.1) is 0 Å². The first-order chi connectivity index (χ1) is 15.5. The van der Waals surface area contributed by atoms with E-state index in [-0.39, 0.29) is 23.8 Å². The molecule has 0 saturated heterocycles. The lowest BCUT2D eigenvalue weighted by Crippen LogP contribution is -2.45. The van der Waals surface area contributed by atoms with Gasteiger partial charge in [0.2, 0.25) is 5.91 Å².